The largest absolute Gasteiger partial charge is 0.375 e. The van der Waals surface area contributed by atoms with E-state index < -0.39 is 0 Å². The molecule has 2 rings (SSSR count). The van der Waals surface area contributed by atoms with Crippen LogP contribution >= 0.6 is 0 Å². The van der Waals surface area contributed by atoms with Crippen molar-refractivity contribution in [3.05, 3.63) is 0 Å². The predicted octanol–water partition coefficient (Wildman–Crippen LogP) is 3.89. The number of ether oxygens (including phenoxy) is 1. The molecule has 1 aliphatic heterocycles. The fourth-order valence-corrected chi connectivity index (χ4v) is 3.59. The lowest BCUT2D eigenvalue weighted by Gasteiger charge is -2.49. The van der Waals surface area contributed by atoms with Gasteiger partial charge in [-0.3, -0.25) is 0 Å². The maximum atomic E-state index is 6.06. The molecule has 2 nitrogen and oxygen atoms in total. The summed E-state index contributed by atoms with van der Waals surface area (Å²) in [6.07, 6.45) is 11.9. The number of rotatable bonds is 7. The maximum absolute atomic E-state index is 6.06. The fourth-order valence-electron chi connectivity index (χ4n) is 3.59. The average Bonchev–Trinajstić information content (AvgIpc) is 2.37. The summed E-state index contributed by atoms with van der Waals surface area (Å²) < 4.78 is 6.06. The Kier molecular flexibility index (Phi) is 5.50. The zero-order valence-electron chi connectivity index (χ0n) is 12.3. The van der Waals surface area contributed by atoms with Crippen LogP contribution in [0.1, 0.15) is 71.6 Å². The first-order valence-electron chi connectivity index (χ1n) is 8.17. The first-order valence-corrected chi connectivity index (χ1v) is 8.17. The lowest BCUT2D eigenvalue weighted by atomic mass is 9.70. The molecule has 0 bridgehead atoms. The normalized spacial score (nSPS) is 28.0. The van der Waals surface area contributed by atoms with Gasteiger partial charge >= 0.3 is 0 Å². The molecule has 2 atom stereocenters. The van der Waals surface area contributed by atoms with Crippen molar-refractivity contribution in [1.82, 2.24) is 5.32 Å². The third-order valence-electron chi connectivity index (χ3n) is 4.89. The van der Waals surface area contributed by atoms with E-state index in [0.717, 1.165) is 18.6 Å². The zero-order chi connectivity index (χ0) is 12.8. The second-order valence-corrected chi connectivity index (χ2v) is 6.34. The topological polar surface area (TPSA) is 21.3 Å². The number of hydrogen-bond donors (Lipinski definition) is 1. The summed E-state index contributed by atoms with van der Waals surface area (Å²) in [6.45, 7) is 6.75. The molecule has 2 unspecified atom stereocenters. The van der Waals surface area contributed by atoms with E-state index in [-0.39, 0.29) is 0 Å². The molecule has 0 amide bonds. The standard InChI is InChI=1S/C16H31NO/c1-3-5-7-15(17-11-4-2)14-8-12-18-16(13-14)9-6-10-16/h14-15,17H,3-13H2,1-2H3. The Morgan fingerprint density at radius 3 is 2.72 bits per heavy atom. The van der Waals surface area contributed by atoms with E-state index in [1.807, 2.05) is 0 Å². The smallest absolute Gasteiger partial charge is 0.0685 e. The van der Waals surface area contributed by atoms with Crippen molar-refractivity contribution >= 4 is 0 Å². The van der Waals surface area contributed by atoms with E-state index in [9.17, 15) is 0 Å². The maximum Gasteiger partial charge on any atom is 0.0685 e. The van der Waals surface area contributed by atoms with E-state index in [1.54, 1.807) is 0 Å². The minimum atomic E-state index is 0.307. The van der Waals surface area contributed by atoms with Gasteiger partial charge in [0, 0.05) is 12.6 Å². The first-order chi connectivity index (χ1) is 8.79. The molecular formula is C16H31NO. The molecule has 2 aliphatic rings. The molecule has 18 heavy (non-hydrogen) atoms. The minimum absolute atomic E-state index is 0.307. The fraction of sp³-hybridized carbons (Fsp3) is 1.00. The molecule has 106 valence electrons. The van der Waals surface area contributed by atoms with Crippen molar-refractivity contribution in [3.63, 3.8) is 0 Å². The van der Waals surface area contributed by atoms with Crippen molar-refractivity contribution in [1.29, 1.82) is 0 Å². The van der Waals surface area contributed by atoms with Crippen molar-refractivity contribution < 1.29 is 4.74 Å². The van der Waals surface area contributed by atoms with Crippen LogP contribution in [-0.4, -0.2) is 24.8 Å². The van der Waals surface area contributed by atoms with E-state index in [2.05, 4.69) is 19.2 Å². The van der Waals surface area contributed by atoms with Gasteiger partial charge in [0.1, 0.15) is 0 Å². The SMILES string of the molecule is CCCCC(NCCC)C1CCOC2(CCC2)C1. The molecule has 0 aromatic rings. The molecule has 2 fully saturated rings. The lowest BCUT2D eigenvalue weighted by molar-refractivity contribution is -0.147. The Bertz CT molecular complexity index is 229. The van der Waals surface area contributed by atoms with Crippen LogP contribution in [0.4, 0.5) is 0 Å². The monoisotopic (exact) mass is 253 g/mol. The van der Waals surface area contributed by atoms with Crippen LogP contribution in [0, 0.1) is 5.92 Å². The Hall–Kier alpha value is -0.0800. The highest BCUT2D eigenvalue weighted by Crippen LogP contribution is 2.45. The van der Waals surface area contributed by atoms with Crippen LogP contribution < -0.4 is 5.32 Å². The highest BCUT2D eigenvalue weighted by atomic mass is 16.5. The Labute approximate surface area is 113 Å². The Morgan fingerprint density at radius 2 is 2.11 bits per heavy atom. The minimum Gasteiger partial charge on any atom is -0.375 e. The van der Waals surface area contributed by atoms with Gasteiger partial charge in [0.15, 0.2) is 0 Å². The van der Waals surface area contributed by atoms with Crippen LogP contribution in [0.3, 0.4) is 0 Å². The van der Waals surface area contributed by atoms with E-state index in [1.165, 1.54) is 64.3 Å². The van der Waals surface area contributed by atoms with Crippen LogP contribution in [0.5, 0.6) is 0 Å². The third-order valence-corrected chi connectivity index (χ3v) is 4.89. The van der Waals surface area contributed by atoms with Gasteiger partial charge < -0.3 is 10.1 Å². The van der Waals surface area contributed by atoms with Crippen LogP contribution in [0.2, 0.25) is 0 Å². The van der Waals surface area contributed by atoms with Crippen molar-refractivity contribution in [2.75, 3.05) is 13.2 Å². The molecule has 1 saturated heterocycles. The summed E-state index contributed by atoms with van der Waals surface area (Å²) in [6, 6.07) is 0.742. The van der Waals surface area contributed by atoms with E-state index in [0.29, 0.717) is 5.60 Å². The van der Waals surface area contributed by atoms with Gasteiger partial charge in [0.2, 0.25) is 0 Å². The van der Waals surface area contributed by atoms with Crippen LogP contribution in [0.15, 0.2) is 0 Å². The van der Waals surface area contributed by atoms with Crippen LogP contribution in [0.25, 0.3) is 0 Å². The van der Waals surface area contributed by atoms with Gasteiger partial charge in [-0.2, -0.15) is 0 Å². The summed E-state index contributed by atoms with van der Waals surface area (Å²) in [5.74, 6) is 0.858. The summed E-state index contributed by atoms with van der Waals surface area (Å²) in [4.78, 5) is 0. The predicted molar refractivity (Wildman–Crippen MR) is 76.9 cm³/mol. The summed E-state index contributed by atoms with van der Waals surface area (Å²) in [5.41, 5.74) is 0.307. The van der Waals surface area contributed by atoms with Gasteiger partial charge in [-0.1, -0.05) is 26.7 Å². The summed E-state index contributed by atoms with van der Waals surface area (Å²) in [5, 5.41) is 3.80. The van der Waals surface area contributed by atoms with Crippen molar-refractivity contribution in [2.45, 2.75) is 83.3 Å². The van der Waals surface area contributed by atoms with Crippen molar-refractivity contribution in [2.24, 2.45) is 5.92 Å². The highest BCUT2D eigenvalue weighted by molar-refractivity contribution is 4.96. The second kappa shape index (κ2) is 6.91. The van der Waals surface area contributed by atoms with Gasteiger partial charge in [0.05, 0.1) is 5.60 Å². The van der Waals surface area contributed by atoms with E-state index >= 15 is 0 Å². The number of nitrogens with one attached hydrogen (secondary N) is 1. The lowest BCUT2D eigenvalue weighted by Crippen LogP contribution is -2.50. The van der Waals surface area contributed by atoms with Crippen LogP contribution in [-0.2, 0) is 4.74 Å². The number of hydrogen-bond acceptors (Lipinski definition) is 2. The molecule has 1 N–H and O–H groups in total. The molecule has 0 radical (unpaired) electrons. The molecule has 1 heterocycles. The molecule has 1 aliphatic carbocycles. The molecule has 1 spiro atoms. The third kappa shape index (κ3) is 3.48. The first kappa shape index (κ1) is 14.3. The number of unbranched alkanes of at least 4 members (excludes halogenated alkanes) is 1. The molecular weight excluding hydrogens is 222 g/mol. The highest BCUT2D eigenvalue weighted by Gasteiger charge is 2.43. The second-order valence-electron chi connectivity index (χ2n) is 6.34. The van der Waals surface area contributed by atoms with Gasteiger partial charge in [-0.15, -0.1) is 0 Å². The molecule has 0 aromatic carbocycles. The summed E-state index contributed by atoms with van der Waals surface area (Å²) in [7, 11) is 0. The average molecular weight is 253 g/mol. The molecule has 2 heteroatoms. The van der Waals surface area contributed by atoms with Gasteiger partial charge in [0.25, 0.3) is 0 Å². The van der Waals surface area contributed by atoms with E-state index in [4.69, 9.17) is 4.74 Å². The van der Waals surface area contributed by atoms with Gasteiger partial charge in [-0.25, -0.2) is 0 Å². The van der Waals surface area contributed by atoms with Gasteiger partial charge in [-0.05, 0) is 57.4 Å². The van der Waals surface area contributed by atoms with Crippen molar-refractivity contribution in [3.8, 4) is 0 Å². The molecule has 1 saturated carbocycles. The summed E-state index contributed by atoms with van der Waals surface area (Å²) >= 11 is 0. The molecule has 0 aromatic heterocycles. The quantitative estimate of drug-likeness (QED) is 0.743. The zero-order valence-corrected chi connectivity index (χ0v) is 12.3. The Balaban J connectivity index is 1.86. The Morgan fingerprint density at radius 1 is 1.28 bits per heavy atom.